The van der Waals surface area contributed by atoms with Gasteiger partial charge in [0.15, 0.2) is 42.3 Å². The largest absolute Gasteiger partial charge is 0.512 e. The third kappa shape index (κ3) is 9.56. The molecule has 0 spiro atoms. The number of phenolic OH excluding ortho intramolecular Hbond substituents is 1. The first kappa shape index (κ1) is 33.1. The van der Waals surface area contributed by atoms with Gasteiger partial charge < -0.3 is 26.9 Å². The zero-order valence-electron chi connectivity index (χ0n) is 26.2. The van der Waals surface area contributed by atoms with Crippen LogP contribution in [-0.4, -0.2) is 66.7 Å². The van der Waals surface area contributed by atoms with E-state index in [0.29, 0.717) is 29.4 Å². The van der Waals surface area contributed by atoms with Crippen LogP contribution in [0.2, 0.25) is 58.9 Å². The van der Waals surface area contributed by atoms with Crippen molar-refractivity contribution in [1.82, 2.24) is 15.0 Å². The molecule has 1 unspecified atom stereocenters. The summed E-state index contributed by atoms with van der Waals surface area (Å²) in [5.74, 6) is 2.10. The summed E-state index contributed by atoms with van der Waals surface area (Å²) in [6.07, 6.45) is 2.07. The van der Waals surface area contributed by atoms with Crippen molar-refractivity contribution < 1.29 is 26.9 Å². The van der Waals surface area contributed by atoms with Crippen molar-refractivity contribution in [2.45, 2.75) is 78.0 Å². The molecule has 0 radical (unpaired) electrons. The molecule has 1 N–H and O–H groups in total. The second kappa shape index (κ2) is 12.9. The molecule has 13 heteroatoms. The molecule has 41 heavy (non-hydrogen) atoms. The van der Waals surface area contributed by atoms with Gasteiger partial charge in [-0.25, -0.2) is 15.0 Å². The highest BCUT2D eigenvalue weighted by Gasteiger charge is 2.57. The number of aromatic nitrogens is 3. The minimum Gasteiger partial charge on any atom is -0.507 e. The van der Waals surface area contributed by atoms with Crippen LogP contribution < -0.4 is 9.47 Å². The van der Waals surface area contributed by atoms with Crippen molar-refractivity contribution in [2.75, 3.05) is 7.11 Å². The third-order valence-electron chi connectivity index (χ3n) is 5.52. The second-order valence-corrected chi connectivity index (χ2v) is 29.8. The van der Waals surface area contributed by atoms with E-state index in [-0.39, 0.29) is 5.75 Å². The van der Waals surface area contributed by atoms with Crippen molar-refractivity contribution in [3.63, 3.8) is 0 Å². The van der Waals surface area contributed by atoms with Crippen LogP contribution in [-0.2, 0) is 12.3 Å². The summed E-state index contributed by atoms with van der Waals surface area (Å²) in [6, 6.07) is 12.6. The van der Waals surface area contributed by atoms with E-state index in [1.54, 1.807) is 19.2 Å². The minimum atomic E-state index is -3.32. The Labute approximate surface area is 249 Å². The average Bonchev–Trinajstić information content (AvgIpc) is 2.84. The SMILES string of the molecule is CCC(Oc1ccc(-c2ncnc(-c3ccc(OC)cc3)n2)c(O)c1)[Si](O[Si](C)(C)C)(O[Si](C)(C)C)O[Si](C)(C)C. The summed E-state index contributed by atoms with van der Waals surface area (Å²) in [5.41, 5.74) is 0.853. The van der Waals surface area contributed by atoms with Crippen LogP contribution in [0.1, 0.15) is 13.3 Å². The number of nitrogens with zero attached hydrogens (tertiary/aromatic N) is 3. The van der Waals surface area contributed by atoms with Gasteiger partial charge in [0.25, 0.3) is 0 Å². The molecule has 1 aromatic heterocycles. The quantitative estimate of drug-likeness (QED) is 0.198. The highest BCUT2D eigenvalue weighted by Crippen LogP contribution is 2.35. The van der Waals surface area contributed by atoms with Gasteiger partial charge in [0.2, 0.25) is 0 Å². The maximum atomic E-state index is 11.1. The Morgan fingerprint density at radius 3 is 1.71 bits per heavy atom. The van der Waals surface area contributed by atoms with Gasteiger partial charge in [-0.2, -0.15) is 0 Å². The lowest BCUT2D eigenvalue weighted by Gasteiger charge is -2.45. The normalized spacial score (nSPS) is 13.6. The topological polar surface area (TPSA) is 105 Å². The summed E-state index contributed by atoms with van der Waals surface area (Å²) >= 11 is 0. The number of aromatic hydroxyl groups is 1. The van der Waals surface area contributed by atoms with E-state index in [4.69, 9.17) is 21.8 Å². The molecule has 0 aliphatic carbocycles. The van der Waals surface area contributed by atoms with Crippen LogP contribution in [0.3, 0.4) is 0 Å². The monoisotopic (exact) mass is 631 g/mol. The lowest BCUT2D eigenvalue weighted by molar-refractivity contribution is 0.145. The second-order valence-electron chi connectivity index (χ2n) is 12.8. The summed E-state index contributed by atoms with van der Waals surface area (Å²) in [6.45, 7) is 21.4. The van der Waals surface area contributed by atoms with E-state index in [1.807, 2.05) is 30.3 Å². The van der Waals surface area contributed by atoms with Crippen LogP contribution in [0.4, 0.5) is 0 Å². The molecule has 0 saturated heterocycles. The number of phenols is 1. The summed E-state index contributed by atoms with van der Waals surface area (Å²) in [7, 11) is -7.98. The van der Waals surface area contributed by atoms with Crippen LogP contribution in [0, 0.1) is 0 Å². The molecule has 0 fully saturated rings. The standard InChI is InChI=1S/C28H45N3O6Si4/c1-12-26(41(35-38(3,4)5,36-39(6,7)8)37-40(9,10)11)34-23-17-18-24(25(32)19-23)28-30-20-29-27(31-28)21-13-15-22(33-2)16-14-21/h13-20,26,32H,12H2,1-11H3. The molecular formula is C28H45N3O6Si4. The summed E-state index contributed by atoms with van der Waals surface area (Å²) < 4.78 is 32.4. The first-order valence-electron chi connectivity index (χ1n) is 13.9. The molecule has 0 aliphatic rings. The zero-order chi connectivity index (χ0) is 30.6. The van der Waals surface area contributed by atoms with Crippen molar-refractivity contribution in [3.8, 4) is 40.0 Å². The fourth-order valence-electron chi connectivity index (χ4n) is 4.19. The molecule has 0 saturated carbocycles. The third-order valence-corrected chi connectivity index (χ3v) is 17.6. The highest BCUT2D eigenvalue weighted by atomic mass is 28.5. The van der Waals surface area contributed by atoms with E-state index >= 15 is 0 Å². The Balaban J connectivity index is 1.97. The van der Waals surface area contributed by atoms with E-state index < -0.39 is 39.5 Å². The molecule has 0 amide bonds. The highest BCUT2D eigenvalue weighted by molar-refractivity contribution is 6.90. The maximum absolute atomic E-state index is 11.1. The van der Waals surface area contributed by atoms with Gasteiger partial charge in [0.1, 0.15) is 23.6 Å². The van der Waals surface area contributed by atoms with Crippen molar-refractivity contribution in [2.24, 2.45) is 0 Å². The Morgan fingerprint density at radius 1 is 0.732 bits per heavy atom. The fraction of sp³-hybridized carbons (Fsp3) is 0.464. The Bertz CT molecular complexity index is 1270. The molecule has 0 bridgehead atoms. The van der Waals surface area contributed by atoms with Crippen LogP contribution >= 0.6 is 0 Å². The summed E-state index contributed by atoms with van der Waals surface area (Å²) in [4.78, 5) is 13.2. The number of methoxy groups -OCH3 is 1. The number of benzene rings is 2. The van der Waals surface area contributed by atoms with Crippen LogP contribution in [0.15, 0.2) is 48.8 Å². The van der Waals surface area contributed by atoms with Crippen molar-refractivity contribution >= 4 is 33.8 Å². The lowest BCUT2D eigenvalue weighted by atomic mass is 10.1. The van der Waals surface area contributed by atoms with Gasteiger partial charge in [0, 0.05) is 11.6 Å². The Morgan fingerprint density at radius 2 is 1.24 bits per heavy atom. The van der Waals surface area contributed by atoms with E-state index in [2.05, 4.69) is 80.8 Å². The number of hydrogen-bond acceptors (Lipinski definition) is 9. The minimum absolute atomic E-state index is 0.000144. The van der Waals surface area contributed by atoms with Crippen molar-refractivity contribution in [1.29, 1.82) is 0 Å². The molecule has 1 atom stereocenters. The van der Waals surface area contributed by atoms with Gasteiger partial charge in [-0.1, -0.05) is 6.92 Å². The molecule has 0 aliphatic heterocycles. The van der Waals surface area contributed by atoms with Crippen LogP contribution in [0.25, 0.3) is 22.8 Å². The Kier molecular flexibility index (Phi) is 10.4. The van der Waals surface area contributed by atoms with Crippen LogP contribution in [0.5, 0.6) is 17.2 Å². The van der Waals surface area contributed by atoms with Gasteiger partial charge in [-0.15, -0.1) is 0 Å². The van der Waals surface area contributed by atoms with Gasteiger partial charge in [0.05, 0.1) is 12.7 Å². The van der Waals surface area contributed by atoms with E-state index in [0.717, 1.165) is 11.3 Å². The molecule has 3 rings (SSSR count). The molecule has 224 valence electrons. The zero-order valence-corrected chi connectivity index (χ0v) is 30.2. The smallest absolute Gasteiger partial charge is 0.507 e. The lowest BCUT2D eigenvalue weighted by Crippen LogP contribution is -2.68. The Hall–Kier alpha value is -2.40. The van der Waals surface area contributed by atoms with E-state index in [1.165, 1.54) is 6.33 Å². The summed E-state index contributed by atoms with van der Waals surface area (Å²) in [5, 5.41) is 11.1. The molecule has 9 nitrogen and oxygen atoms in total. The first-order chi connectivity index (χ1) is 18.9. The molecular weight excluding hydrogens is 587 g/mol. The number of hydrogen-bond donors (Lipinski definition) is 1. The average molecular weight is 632 g/mol. The number of ether oxygens (including phenoxy) is 2. The predicted molar refractivity (Wildman–Crippen MR) is 173 cm³/mol. The predicted octanol–water partition coefficient (Wildman–Crippen LogP) is 7.11. The maximum Gasteiger partial charge on any atom is 0.512 e. The van der Waals surface area contributed by atoms with E-state index in [9.17, 15) is 5.11 Å². The first-order valence-corrected chi connectivity index (χ1v) is 25.9. The van der Waals surface area contributed by atoms with Gasteiger partial charge in [-0.3, -0.25) is 0 Å². The molecule has 1 heterocycles. The van der Waals surface area contributed by atoms with Crippen molar-refractivity contribution in [3.05, 3.63) is 48.8 Å². The number of rotatable bonds is 13. The molecule has 3 aromatic rings. The fourth-order valence-corrected chi connectivity index (χ4v) is 18.4. The van der Waals surface area contributed by atoms with Gasteiger partial charge >= 0.3 is 8.80 Å². The molecule has 2 aromatic carbocycles. The van der Waals surface area contributed by atoms with Gasteiger partial charge in [-0.05, 0) is 102 Å².